The number of alkyl halides is 2. The Balaban J connectivity index is 0.00000162. The number of hydrogen-bond donors (Lipinski definition) is 1. The maximum Gasteiger partial charge on any atom is 0.408 e. The van der Waals surface area contributed by atoms with Crippen molar-refractivity contribution >= 4 is 34.4 Å². The zero-order chi connectivity index (χ0) is 12.6. The molecule has 1 saturated heterocycles. The highest BCUT2D eigenvalue weighted by molar-refractivity contribution is 9.10. The number of cyclic esters (lactones) is 1. The molecule has 0 aliphatic carbocycles. The van der Waals surface area contributed by atoms with Crippen molar-refractivity contribution in [3.05, 3.63) is 34.1 Å². The zero-order valence-electron chi connectivity index (χ0n) is 8.75. The fourth-order valence-electron chi connectivity index (χ4n) is 1.53. The molecule has 0 saturated carbocycles. The second-order valence-electron chi connectivity index (χ2n) is 3.59. The molecule has 0 unspecified atom stereocenters. The van der Waals surface area contributed by atoms with Gasteiger partial charge in [0.25, 0.3) is 0 Å². The molecule has 8 heteroatoms. The highest BCUT2D eigenvalue weighted by Gasteiger charge is 2.46. The Hall–Kier alpha value is -0.950. The van der Waals surface area contributed by atoms with E-state index in [9.17, 15) is 18.0 Å². The van der Waals surface area contributed by atoms with Gasteiger partial charge < -0.3 is 10.1 Å². The van der Waals surface area contributed by atoms with E-state index in [-0.39, 0.29) is 22.4 Å². The molecule has 2 rings (SSSR count). The molecule has 0 bridgehead atoms. The van der Waals surface area contributed by atoms with Crippen molar-refractivity contribution in [1.29, 1.82) is 0 Å². The van der Waals surface area contributed by atoms with Crippen LogP contribution in [0, 0.1) is 5.82 Å². The van der Waals surface area contributed by atoms with Gasteiger partial charge in [-0.15, -0.1) is 12.4 Å². The molecular weight excluding hydrogens is 338 g/mol. The third kappa shape index (κ3) is 2.89. The maximum atomic E-state index is 13.5. The SMILES string of the molecule is Cl.O=C1N[C@@H](c2ccc(F)c(Br)c2)C(F)(F)CO1. The summed E-state index contributed by atoms with van der Waals surface area (Å²) in [5.41, 5.74) is 0.111. The van der Waals surface area contributed by atoms with E-state index in [0.29, 0.717) is 0 Å². The molecule has 1 N–H and O–H groups in total. The van der Waals surface area contributed by atoms with Crippen LogP contribution < -0.4 is 5.32 Å². The lowest BCUT2D eigenvalue weighted by molar-refractivity contribution is -0.104. The number of halogens is 5. The maximum absolute atomic E-state index is 13.5. The summed E-state index contributed by atoms with van der Waals surface area (Å²) in [4.78, 5) is 10.9. The number of hydrogen-bond acceptors (Lipinski definition) is 2. The average molecular weight is 347 g/mol. The molecule has 1 aliphatic heterocycles. The van der Waals surface area contributed by atoms with E-state index in [1.807, 2.05) is 5.32 Å². The summed E-state index contributed by atoms with van der Waals surface area (Å²) in [6, 6.07) is 1.95. The molecule has 1 aliphatic rings. The third-order valence-corrected chi connectivity index (χ3v) is 2.96. The molecule has 1 aromatic rings. The van der Waals surface area contributed by atoms with Crippen LogP contribution in [0.1, 0.15) is 11.6 Å². The van der Waals surface area contributed by atoms with E-state index < -0.39 is 30.5 Å². The lowest BCUT2D eigenvalue weighted by atomic mass is 10.0. The van der Waals surface area contributed by atoms with Gasteiger partial charge in [-0.05, 0) is 33.6 Å². The van der Waals surface area contributed by atoms with Crippen molar-refractivity contribution in [3.63, 3.8) is 0 Å². The van der Waals surface area contributed by atoms with Gasteiger partial charge in [-0.2, -0.15) is 0 Å². The van der Waals surface area contributed by atoms with E-state index in [0.717, 1.165) is 6.07 Å². The molecule has 1 atom stereocenters. The second-order valence-corrected chi connectivity index (χ2v) is 4.44. The van der Waals surface area contributed by atoms with Crippen molar-refractivity contribution in [2.45, 2.75) is 12.0 Å². The number of benzene rings is 1. The Bertz CT molecular complexity index is 472. The van der Waals surface area contributed by atoms with Crippen LogP contribution in [-0.4, -0.2) is 18.6 Å². The minimum atomic E-state index is -3.23. The van der Waals surface area contributed by atoms with Crippen LogP contribution in [0.4, 0.5) is 18.0 Å². The summed E-state index contributed by atoms with van der Waals surface area (Å²) < 4.78 is 44.3. The van der Waals surface area contributed by atoms with Crippen LogP contribution >= 0.6 is 28.3 Å². The Morgan fingerprint density at radius 2 is 2.11 bits per heavy atom. The molecule has 1 fully saturated rings. The van der Waals surface area contributed by atoms with E-state index in [1.54, 1.807) is 0 Å². The molecule has 1 amide bonds. The molecule has 18 heavy (non-hydrogen) atoms. The van der Waals surface area contributed by atoms with Crippen molar-refractivity contribution in [2.75, 3.05) is 6.61 Å². The predicted octanol–water partition coefficient (Wildman–Crippen LogP) is 3.43. The monoisotopic (exact) mass is 345 g/mol. The summed E-state index contributed by atoms with van der Waals surface area (Å²) in [7, 11) is 0. The second kappa shape index (κ2) is 5.36. The van der Waals surface area contributed by atoms with E-state index in [1.165, 1.54) is 12.1 Å². The summed E-state index contributed by atoms with van der Waals surface area (Å²) in [6.07, 6.45) is -0.915. The number of ether oxygens (including phenoxy) is 1. The Morgan fingerprint density at radius 3 is 2.72 bits per heavy atom. The third-order valence-electron chi connectivity index (χ3n) is 2.36. The fourth-order valence-corrected chi connectivity index (χ4v) is 1.93. The Kier molecular flexibility index (Phi) is 4.50. The first-order chi connectivity index (χ1) is 7.90. The van der Waals surface area contributed by atoms with Gasteiger partial charge in [-0.3, -0.25) is 0 Å². The van der Waals surface area contributed by atoms with Crippen LogP contribution in [0.5, 0.6) is 0 Å². The number of carbonyl (C=O) groups excluding carboxylic acids is 1. The van der Waals surface area contributed by atoms with Crippen LogP contribution in [0.25, 0.3) is 0 Å². The number of amides is 1. The van der Waals surface area contributed by atoms with Gasteiger partial charge in [0.2, 0.25) is 0 Å². The zero-order valence-corrected chi connectivity index (χ0v) is 11.2. The smallest absolute Gasteiger partial charge is 0.408 e. The number of nitrogens with one attached hydrogen (secondary N) is 1. The van der Waals surface area contributed by atoms with Gasteiger partial charge in [0.15, 0.2) is 6.61 Å². The molecule has 0 spiro atoms. The Morgan fingerprint density at radius 1 is 1.44 bits per heavy atom. The Labute approximate surface area is 115 Å². The summed E-state index contributed by atoms with van der Waals surface area (Å²) in [6.45, 7) is -0.988. The number of rotatable bonds is 1. The van der Waals surface area contributed by atoms with Crippen molar-refractivity contribution < 1.29 is 22.7 Å². The molecule has 1 heterocycles. The van der Waals surface area contributed by atoms with Gasteiger partial charge in [-0.25, -0.2) is 18.0 Å². The molecule has 0 aromatic heterocycles. The van der Waals surface area contributed by atoms with Gasteiger partial charge in [0.1, 0.15) is 11.9 Å². The predicted molar refractivity (Wildman–Crippen MR) is 63.5 cm³/mol. The first kappa shape index (κ1) is 15.1. The summed E-state index contributed by atoms with van der Waals surface area (Å²) >= 11 is 2.90. The molecule has 0 radical (unpaired) electrons. The fraction of sp³-hybridized carbons (Fsp3) is 0.300. The summed E-state index contributed by atoms with van der Waals surface area (Å²) in [5, 5.41) is 2.02. The standard InChI is InChI=1S/C10H7BrF3NO2.ClH/c11-6-3-5(1-2-7(6)12)8-10(13,14)4-17-9(16)15-8;/h1-3,8H,4H2,(H,15,16);1H/t8-;/m0./s1. The highest BCUT2D eigenvalue weighted by Crippen LogP contribution is 2.35. The van der Waals surface area contributed by atoms with E-state index >= 15 is 0 Å². The lowest BCUT2D eigenvalue weighted by Gasteiger charge is -2.31. The van der Waals surface area contributed by atoms with Crippen LogP contribution in [0.3, 0.4) is 0 Å². The van der Waals surface area contributed by atoms with Crippen molar-refractivity contribution in [1.82, 2.24) is 5.32 Å². The summed E-state index contributed by atoms with van der Waals surface area (Å²) in [5.74, 6) is -3.79. The van der Waals surface area contributed by atoms with E-state index in [4.69, 9.17) is 0 Å². The first-order valence-corrected chi connectivity index (χ1v) is 5.45. The number of carbonyl (C=O) groups is 1. The largest absolute Gasteiger partial charge is 0.443 e. The van der Waals surface area contributed by atoms with Crippen LogP contribution in [0.15, 0.2) is 22.7 Å². The van der Waals surface area contributed by atoms with Gasteiger partial charge in [0, 0.05) is 0 Å². The van der Waals surface area contributed by atoms with Crippen molar-refractivity contribution in [3.8, 4) is 0 Å². The molecular formula is C10H8BrClF3NO2. The minimum absolute atomic E-state index is 0. The molecule has 3 nitrogen and oxygen atoms in total. The van der Waals surface area contributed by atoms with Crippen LogP contribution in [-0.2, 0) is 4.74 Å². The lowest BCUT2D eigenvalue weighted by Crippen LogP contribution is -2.49. The molecule has 1 aromatic carbocycles. The topological polar surface area (TPSA) is 38.3 Å². The first-order valence-electron chi connectivity index (χ1n) is 4.66. The minimum Gasteiger partial charge on any atom is -0.443 e. The van der Waals surface area contributed by atoms with E-state index in [2.05, 4.69) is 20.7 Å². The normalized spacial score (nSPS) is 21.6. The van der Waals surface area contributed by atoms with Crippen molar-refractivity contribution in [2.24, 2.45) is 0 Å². The van der Waals surface area contributed by atoms with Gasteiger partial charge >= 0.3 is 12.0 Å². The van der Waals surface area contributed by atoms with Gasteiger partial charge in [0.05, 0.1) is 4.47 Å². The highest BCUT2D eigenvalue weighted by atomic mass is 79.9. The molecule has 100 valence electrons. The average Bonchev–Trinajstić information content (AvgIpc) is 2.26. The van der Waals surface area contributed by atoms with Crippen LogP contribution in [0.2, 0.25) is 0 Å². The quantitative estimate of drug-likeness (QED) is 0.846. The number of alkyl carbamates (subject to hydrolysis) is 1. The van der Waals surface area contributed by atoms with Gasteiger partial charge in [-0.1, -0.05) is 6.07 Å².